The number of rotatable bonds is 3. The van der Waals surface area contributed by atoms with Crippen molar-refractivity contribution >= 4 is 34.9 Å². The Hall–Kier alpha value is -3.03. The minimum atomic E-state index is -3.98. The van der Waals surface area contributed by atoms with Crippen molar-refractivity contribution in [1.82, 2.24) is 24.5 Å². The van der Waals surface area contributed by atoms with Crippen LogP contribution in [0.2, 0.25) is 5.02 Å². The Morgan fingerprint density at radius 3 is 2.65 bits per heavy atom. The van der Waals surface area contributed by atoms with Gasteiger partial charge in [0.1, 0.15) is 23.1 Å². The second-order valence-electron chi connectivity index (χ2n) is 4.90. The van der Waals surface area contributed by atoms with Crippen LogP contribution in [0.25, 0.3) is 5.82 Å². The number of alkyl halides is 3. The fourth-order valence-corrected chi connectivity index (χ4v) is 2.57. The molecule has 0 aromatic carbocycles. The van der Waals surface area contributed by atoms with E-state index >= 15 is 0 Å². The molecule has 0 bridgehead atoms. The molecule has 3 heterocycles. The molecule has 3 rings (SSSR count). The van der Waals surface area contributed by atoms with E-state index in [0.29, 0.717) is 9.36 Å². The molecule has 0 aliphatic heterocycles. The van der Waals surface area contributed by atoms with Crippen molar-refractivity contribution in [3.8, 4) is 11.9 Å². The third-order valence-corrected chi connectivity index (χ3v) is 3.80. The molecule has 0 spiro atoms. The quantitative estimate of drug-likeness (QED) is 0.678. The fraction of sp³-hybridized carbons (Fsp3) is 0.0714. The van der Waals surface area contributed by atoms with Crippen molar-refractivity contribution in [2.75, 3.05) is 5.73 Å². The van der Waals surface area contributed by atoms with E-state index in [1.54, 1.807) is 6.07 Å². The van der Waals surface area contributed by atoms with Gasteiger partial charge in [-0.3, -0.25) is 4.79 Å². The maximum Gasteiger partial charge on any atom is 0.365 e. The highest BCUT2D eigenvalue weighted by atomic mass is 35.5. The first kappa shape index (κ1) is 17.8. The van der Waals surface area contributed by atoms with Crippen LogP contribution in [0.5, 0.6) is 0 Å². The second-order valence-corrected chi connectivity index (χ2v) is 5.78. The van der Waals surface area contributed by atoms with Gasteiger partial charge in [-0.2, -0.15) is 28.9 Å². The third kappa shape index (κ3) is 2.87. The first-order chi connectivity index (χ1) is 12.3. The van der Waals surface area contributed by atoms with E-state index in [1.165, 1.54) is 18.3 Å². The lowest BCUT2D eigenvalue weighted by Gasteiger charge is -2.13. The van der Waals surface area contributed by atoms with E-state index in [-0.39, 0.29) is 22.2 Å². The fourth-order valence-electron chi connectivity index (χ4n) is 2.19. The first-order valence-electron chi connectivity index (χ1n) is 6.80. The maximum atomic E-state index is 14.0. The first-order valence-corrected chi connectivity index (χ1v) is 7.55. The molecule has 132 valence electrons. The number of hydrogen-bond acceptors (Lipinski definition) is 6. The van der Waals surface area contributed by atoms with Gasteiger partial charge in [0.25, 0.3) is 5.91 Å². The average Bonchev–Trinajstić information content (AvgIpc) is 3.18. The Balaban J connectivity index is 2.21. The molecule has 2 N–H and O–H groups in total. The van der Waals surface area contributed by atoms with Crippen molar-refractivity contribution < 1.29 is 13.6 Å². The summed E-state index contributed by atoms with van der Waals surface area (Å²) in [7, 11) is 0. The molecule has 0 saturated carbocycles. The molecule has 0 radical (unpaired) electrons. The largest absolute Gasteiger partial charge is 0.382 e. The molecule has 0 atom stereocenters. The van der Waals surface area contributed by atoms with E-state index in [2.05, 4.69) is 15.2 Å². The molecule has 0 unspecified atom stereocenters. The zero-order chi connectivity index (χ0) is 19.1. The Morgan fingerprint density at radius 1 is 1.35 bits per heavy atom. The molecule has 12 heteroatoms. The number of anilines is 1. The number of halogens is 4. The van der Waals surface area contributed by atoms with Crippen LogP contribution in [0.1, 0.15) is 21.6 Å². The van der Waals surface area contributed by atoms with Gasteiger partial charge in [-0.25, -0.2) is 9.67 Å². The van der Waals surface area contributed by atoms with Crippen LogP contribution in [0.4, 0.5) is 14.6 Å². The molecule has 8 nitrogen and oxygen atoms in total. The van der Waals surface area contributed by atoms with Gasteiger partial charge in [-0.15, -0.1) is 0 Å². The SMILES string of the molecule is N#Cc1cnn(C(=O)c2cnn(-c3ncccc3Cl)c2C(F)(F)Cl)c1N. The normalized spacial score (nSPS) is 11.3. The van der Waals surface area contributed by atoms with Gasteiger partial charge < -0.3 is 5.73 Å². The Kier molecular flexibility index (Phi) is 4.35. The van der Waals surface area contributed by atoms with Crippen molar-refractivity contribution in [3.63, 3.8) is 0 Å². The molecule has 0 amide bonds. The molecule has 0 fully saturated rings. The van der Waals surface area contributed by atoms with Crippen LogP contribution in [0.3, 0.4) is 0 Å². The number of aromatic nitrogens is 5. The van der Waals surface area contributed by atoms with Gasteiger partial charge in [0.2, 0.25) is 0 Å². The predicted molar refractivity (Wildman–Crippen MR) is 87.2 cm³/mol. The average molecular weight is 398 g/mol. The predicted octanol–water partition coefficient (Wildman–Crippen LogP) is 2.55. The van der Waals surface area contributed by atoms with Gasteiger partial charge in [-0.05, 0) is 23.7 Å². The van der Waals surface area contributed by atoms with Crippen LogP contribution in [0.15, 0.2) is 30.7 Å². The van der Waals surface area contributed by atoms with Gasteiger partial charge in [0, 0.05) is 6.20 Å². The summed E-state index contributed by atoms with van der Waals surface area (Å²) in [6.07, 6.45) is 3.21. The van der Waals surface area contributed by atoms with Gasteiger partial charge in [-0.1, -0.05) is 11.6 Å². The van der Waals surface area contributed by atoms with Gasteiger partial charge in [0.05, 0.1) is 23.0 Å². The Bertz CT molecular complexity index is 1050. The number of nitrogens with two attached hydrogens (primary N) is 1. The number of nitriles is 1. The summed E-state index contributed by atoms with van der Waals surface area (Å²) in [4.78, 5) is 16.5. The number of carbonyl (C=O) groups excluding carboxylic acids is 1. The smallest absolute Gasteiger partial charge is 0.365 e. The lowest BCUT2D eigenvalue weighted by molar-refractivity contribution is 0.0808. The highest BCUT2D eigenvalue weighted by Gasteiger charge is 2.40. The van der Waals surface area contributed by atoms with Crippen molar-refractivity contribution in [1.29, 1.82) is 5.26 Å². The van der Waals surface area contributed by atoms with E-state index in [1.807, 2.05) is 0 Å². The summed E-state index contributed by atoms with van der Waals surface area (Å²) in [6.45, 7) is 0. The summed E-state index contributed by atoms with van der Waals surface area (Å²) in [5.41, 5.74) is 4.01. The molecule has 3 aromatic heterocycles. The summed E-state index contributed by atoms with van der Waals surface area (Å²) < 4.78 is 29.3. The van der Waals surface area contributed by atoms with E-state index in [4.69, 9.17) is 34.2 Å². The number of nitrogen functional groups attached to an aromatic ring is 1. The lowest BCUT2D eigenvalue weighted by atomic mass is 10.2. The molecule has 3 aromatic rings. The summed E-state index contributed by atoms with van der Waals surface area (Å²) in [5.74, 6) is -1.49. The zero-order valence-electron chi connectivity index (χ0n) is 12.6. The molecule has 0 saturated heterocycles. The summed E-state index contributed by atoms with van der Waals surface area (Å²) in [5, 5.41) is 12.3. The van der Waals surface area contributed by atoms with Crippen molar-refractivity contribution in [2.24, 2.45) is 0 Å². The third-order valence-electron chi connectivity index (χ3n) is 3.33. The zero-order valence-corrected chi connectivity index (χ0v) is 14.1. The van der Waals surface area contributed by atoms with Crippen LogP contribution >= 0.6 is 23.2 Å². The van der Waals surface area contributed by atoms with Crippen molar-refractivity contribution in [2.45, 2.75) is 5.38 Å². The van der Waals surface area contributed by atoms with Crippen LogP contribution in [-0.4, -0.2) is 30.5 Å². The minimum absolute atomic E-state index is 0.0159. The monoisotopic (exact) mass is 397 g/mol. The van der Waals surface area contributed by atoms with Crippen LogP contribution in [0, 0.1) is 11.3 Å². The van der Waals surface area contributed by atoms with Gasteiger partial charge in [0.15, 0.2) is 5.82 Å². The molecule has 0 aliphatic carbocycles. The molecular weight excluding hydrogens is 391 g/mol. The standard InChI is InChI=1S/C14H7Cl2F2N7O/c15-9-2-1-3-21-12(9)24-10(14(16,17)18)8(6-23-24)13(26)25-11(20)7(4-19)5-22-25/h1-3,5-6H,20H2. The minimum Gasteiger partial charge on any atom is -0.382 e. The number of nitrogens with zero attached hydrogens (tertiary/aromatic N) is 6. The second kappa shape index (κ2) is 6.36. The lowest BCUT2D eigenvalue weighted by Crippen LogP contribution is -2.22. The number of hydrogen-bond donors (Lipinski definition) is 1. The van der Waals surface area contributed by atoms with Crippen LogP contribution in [-0.2, 0) is 5.38 Å². The highest BCUT2D eigenvalue weighted by Crippen LogP contribution is 2.37. The summed E-state index contributed by atoms with van der Waals surface area (Å²) >= 11 is 11.1. The van der Waals surface area contributed by atoms with Crippen LogP contribution < -0.4 is 5.73 Å². The number of pyridine rings is 1. The van der Waals surface area contributed by atoms with Gasteiger partial charge >= 0.3 is 5.38 Å². The summed E-state index contributed by atoms with van der Waals surface area (Å²) in [6, 6.07) is 4.63. The number of carbonyl (C=O) groups is 1. The van der Waals surface area contributed by atoms with E-state index in [0.717, 1.165) is 12.4 Å². The molecular formula is C14H7Cl2F2N7O. The maximum absolute atomic E-state index is 14.0. The molecule has 0 aliphatic rings. The molecule has 26 heavy (non-hydrogen) atoms. The highest BCUT2D eigenvalue weighted by molar-refractivity contribution is 6.32. The Labute approximate surface area is 154 Å². The van der Waals surface area contributed by atoms with E-state index < -0.39 is 22.5 Å². The van der Waals surface area contributed by atoms with E-state index in [9.17, 15) is 13.6 Å². The topological polar surface area (TPSA) is 115 Å². The Morgan fingerprint density at radius 2 is 2.08 bits per heavy atom. The van der Waals surface area contributed by atoms with Crippen molar-refractivity contribution in [3.05, 3.63) is 52.6 Å².